The molecule has 0 bridgehead atoms. The van der Waals surface area contributed by atoms with Crippen molar-refractivity contribution >= 4 is 0 Å². The summed E-state index contributed by atoms with van der Waals surface area (Å²) in [5.41, 5.74) is 1.93. The van der Waals surface area contributed by atoms with Gasteiger partial charge in [0.2, 0.25) is 0 Å². The van der Waals surface area contributed by atoms with Crippen LogP contribution < -0.4 is 10.2 Å². The molecular formula is C18H28N3+. The zero-order valence-electron chi connectivity index (χ0n) is 13.1. The van der Waals surface area contributed by atoms with E-state index in [1.807, 2.05) is 18.5 Å². The highest BCUT2D eigenvalue weighted by Crippen LogP contribution is 2.40. The Morgan fingerprint density at radius 2 is 1.86 bits per heavy atom. The van der Waals surface area contributed by atoms with Gasteiger partial charge in [-0.15, -0.1) is 0 Å². The number of hydrogen-bond donors (Lipinski definition) is 0. The van der Waals surface area contributed by atoms with Crippen LogP contribution >= 0.6 is 0 Å². The molecule has 4 heterocycles. The van der Waals surface area contributed by atoms with Crippen LogP contribution in [0.4, 0.5) is 0 Å². The molecule has 3 fully saturated rings. The molecule has 1 atom stereocenters. The van der Waals surface area contributed by atoms with E-state index in [2.05, 4.69) is 21.3 Å². The van der Waals surface area contributed by atoms with Crippen molar-refractivity contribution in [2.45, 2.75) is 56.9 Å². The summed E-state index contributed by atoms with van der Waals surface area (Å²) in [5, 5.41) is 4.27. The summed E-state index contributed by atoms with van der Waals surface area (Å²) in [6.45, 7) is 4.89. The topological polar surface area (TPSA) is 32.9 Å². The Hall–Kier alpha value is -0.930. The average Bonchev–Trinajstić information content (AvgIpc) is 2.74. The lowest BCUT2D eigenvalue weighted by Crippen LogP contribution is -2.61. The van der Waals surface area contributed by atoms with Crippen molar-refractivity contribution < 1.29 is 0 Å². The number of rotatable bonds is 2. The van der Waals surface area contributed by atoms with E-state index in [1.165, 1.54) is 70.0 Å². The standard InChI is InChI=1S/C12H16N2.C6H12N/c1-3-11(10-13-6-1)9-12-4-2-7-14(12)8-5-12;1-2-4-6-7-5-3-1/h1,3,6,10H,2,4-5,7-9H2;1-6H2/q+1;. The first-order chi connectivity index (χ1) is 10.4. The maximum absolute atomic E-state index is 4.27. The Bertz CT molecular complexity index is 400. The molecule has 3 aliphatic rings. The molecule has 3 heteroatoms. The molecule has 2 radical (unpaired) electrons. The molecule has 3 saturated heterocycles. The molecule has 4 rings (SSSR count). The average molecular weight is 286 g/mol. The molecule has 1 aromatic heterocycles. The summed E-state index contributed by atoms with van der Waals surface area (Å²) in [4.78, 5) is 6.84. The summed E-state index contributed by atoms with van der Waals surface area (Å²) >= 11 is 0. The Labute approximate surface area is 129 Å². The molecule has 0 saturated carbocycles. The fourth-order valence-electron chi connectivity index (χ4n) is 3.90. The van der Waals surface area contributed by atoms with Crippen molar-refractivity contribution in [1.29, 1.82) is 0 Å². The summed E-state index contributed by atoms with van der Waals surface area (Å²) in [7, 11) is 0. The second-order valence-electron chi connectivity index (χ2n) is 6.69. The van der Waals surface area contributed by atoms with E-state index >= 15 is 0 Å². The first-order valence-electron chi connectivity index (χ1n) is 8.66. The van der Waals surface area contributed by atoms with E-state index in [0.29, 0.717) is 5.54 Å². The SMILES string of the molecule is C1CCC[N]CC1.c1cncc(CC23CCC[N+]2CC3)c1. The van der Waals surface area contributed by atoms with Crippen LogP contribution in [0.15, 0.2) is 24.5 Å². The van der Waals surface area contributed by atoms with Gasteiger partial charge in [-0.25, -0.2) is 5.32 Å². The van der Waals surface area contributed by atoms with E-state index in [-0.39, 0.29) is 0 Å². The van der Waals surface area contributed by atoms with E-state index in [9.17, 15) is 0 Å². The molecule has 21 heavy (non-hydrogen) atoms. The summed E-state index contributed by atoms with van der Waals surface area (Å²) in [6, 6.07) is 4.25. The number of nitrogens with zero attached hydrogens (tertiary/aromatic N) is 3. The summed E-state index contributed by atoms with van der Waals surface area (Å²) < 4.78 is 0. The van der Waals surface area contributed by atoms with Crippen LogP contribution in [0.3, 0.4) is 0 Å². The molecule has 0 N–H and O–H groups in total. The first-order valence-corrected chi connectivity index (χ1v) is 8.66. The Morgan fingerprint density at radius 1 is 1.00 bits per heavy atom. The summed E-state index contributed by atoms with van der Waals surface area (Å²) in [5.74, 6) is 0. The number of hydrogen-bond acceptors (Lipinski definition) is 2. The maximum atomic E-state index is 4.27. The molecular weight excluding hydrogens is 258 g/mol. The minimum absolute atomic E-state index is 0.531. The van der Waals surface area contributed by atoms with E-state index in [1.54, 1.807) is 0 Å². The highest BCUT2D eigenvalue weighted by molar-refractivity contribution is 5.19. The van der Waals surface area contributed by atoms with Crippen LogP contribution in [0.5, 0.6) is 0 Å². The predicted molar refractivity (Wildman–Crippen MR) is 86.7 cm³/mol. The quantitative estimate of drug-likeness (QED) is 0.770. The van der Waals surface area contributed by atoms with Crippen molar-refractivity contribution in [2.24, 2.45) is 0 Å². The molecule has 0 spiro atoms. The zero-order valence-corrected chi connectivity index (χ0v) is 13.1. The molecule has 114 valence electrons. The largest absolute Gasteiger partial charge is 0.264 e. The Kier molecular flexibility index (Phi) is 5.26. The van der Waals surface area contributed by atoms with Crippen LogP contribution in [0.25, 0.3) is 0 Å². The lowest BCUT2D eigenvalue weighted by molar-refractivity contribution is 0.122. The van der Waals surface area contributed by atoms with Crippen LogP contribution in [0.1, 0.15) is 50.5 Å². The molecule has 1 aromatic rings. The lowest BCUT2D eigenvalue weighted by Gasteiger charge is -2.38. The maximum Gasteiger partial charge on any atom is 0.152 e. The molecule has 3 aliphatic heterocycles. The molecule has 0 amide bonds. The minimum atomic E-state index is 0.531. The van der Waals surface area contributed by atoms with Crippen LogP contribution in [-0.2, 0) is 6.42 Å². The molecule has 0 aromatic carbocycles. The third-order valence-electron chi connectivity index (χ3n) is 5.23. The third-order valence-corrected chi connectivity index (χ3v) is 5.23. The number of pyridine rings is 1. The second-order valence-corrected chi connectivity index (χ2v) is 6.69. The van der Waals surface area contributed by atoms with Crippen molar-refractivity contribution in [2.75, 3.05) is 26.2 Å². The fourth-order valence-corrected chi connectivity index (χ4v) is 3.90. The van der Waals surface area contributed by atoms with Gasteiger partial charge in [-0.1, -0.05) is 18.9 Å². The van der Waals surface area contributed by atoms with Crippen molar-refractivity contribution in [1.82, 2.24) is 15.2 Å². The Morgan fingerprint density at radius 3 is 2.48 bits per heavy atom. The normalized spacial score (nSPS) is 28.8. The lowest BCUT2D eigenvalue weighted by atomic mass is 9.80. The monoisotopic (exact) mass is 286 g/mol. The van der Waals surface area contributed by atoms with Gasteiger partial charge >= 0.3 is 0 Å². The Balaban J connectivity index is 0.000000160. The van der Waals surface area contributed by atoms with Crippen molar-refractivity contribution in [3.63, 3.8) is 0 Å². The predicted octanol–water partition coefficient (Wildman–Crippen LogP) is 2.87. The van der Waals surface area contributed by atoms with Crippen LogP contribution in [0.2, 0.25) is 0 Å². The van der Waals surface area contributed by atoms with Crippen molar-refractivity contribution in [3.8, 4) is 0 Å². The van der Waals surface area contributed by atoms with E-state index in [4.69, 9.17) is 0 Å². The first kappa shape index (κ1) is 15.0. The van der Waals surface area contributed by atoms with Gasteiger partial charge < -0.3 is 0 Å². The molecule has 0 aliphatic carbocycles. The molecule has 3 nitrogen and oxygen atoms in total. The fraction of sp³-hybridized carbons (Fsp3) is 0.722. The molecule has 1 unspecified atom stereocenters. The second kappa shape index (κ2) is 7.37. The van der Waals surface area contributed by atoms with Crippen LogP contribution in [-0.4, -0.2) is 36.7 Å². The van der Waals surface area contributed by atoms with Gasteiger partial charge in [-0.3, -0.25) is 4.98 Å². The minimum Gasteiger partial charge on any atom is -0.264 e. The highest BCUT2D eigenvalue weighted by Gasteiger charge is 2.57. The van der Waals surface area contributed by atoms with Gasteiger partial charge in [-0.05, 0) is 24.5 Å². The highest BCUT2D eigenvalue weighted by atomic mass is 15.3. The van der Waals surface area contributed by atoms with Crippen molar-refractivity contribution in [3.05, 3.63) is 30.1 Å². The van der Waals surface area contributed by atoms with Gasteiger partial charge in [0.15, 0.2) is 5.54 Å². The van der Waals surface area contributed by atoms with Gasteiger partial charge in [0, 0.05) is 44.7 Å². The number of aromatic nitrogens is 1. The van der Waals surface area contributed by atoms with Gasteiger partial charge in [0.05, 0.1) is 6.42 Å². The van der Waals surface area contributed by atoms with Crippen LogP contribution in [0, 0.1) is 0 Å². The summed E-state index contributed by atoms with van der Waals surface area (Å²) in [6.07, 6.45) is 14.7. The van der Waals surface area contributed by atoms with E-state index < -0.39 is 0 Å². The van der Waals surface area contributed by atoms with E-state index in [0.717, 1.165) is 13.1 Å². The third kappa shape index (κ3) is 3.83. The smallest absolute Gasteiger partial charge is 0.152 e. The van der Waals surface area contributed by atoms with Gasteiger partial charge in [-0.2, -0.15) is 4.90 Å². The zero-order chi connectivity index (χ0) is 14.4. The van der Waals surface area contributed by atoms with Gasteiger partial charge in [0.25, 0.3) is 0 Å². The van der Waals surface area contributed by atoms with Gasteiger partial charge in [0.1, 0.15) is 13.1 Å². The number of fused-ring (bicyclic) bond motifs is 1.